The molecule has 0 saturated carbocycles. The summed E-state index contributed by atoms with van der Waals surface area (Å²) in [6.45, 7) is 0. The van der Waals surface area contributed by atoms with E-state index >= 15 is 0 Å². The molecule has 2 aromatic rings. The smallest absolute Gasteiger partial charge is 0.134 e. The zero-order valence-electron chi connectivity index (χ0n) is 7.10. The van der Waals surface area contributed by atoms with Gasteiger partial charge < -0.3 is 0 Å². The molecule has 1 nitrogen and oxygen atoms in total. The third kappa shape index (κ3) is 1.88. The van der Waals surface area contributed by atoms with E-state index in [0.717, 1.165) is 20.9 Å². The van der Waals surface area contributed by atoms with Crippen molar-refractivity contribution in [3.63, 3.8) is 0 Å². The minimum Gasteiger partial charge on any atom is -0.236 e. The molecular weight excluding hydrogens is 285 g/mol. The third-order valence-corrected chi connectivity index (χ3v) is 3.06. The summed E-state index contributed by atoms with van der Waals surface area (Å²) in [4.78, 5) is 4.25. The third-order valence-electron chi connectivity index (χ3n) is 1.95. The Labute approximate surface area is 100 Å². The number of benzene rings is 1. The fourth-order valence-corrected chi connectivity index (χ4v) is 2.12. The molecule has 0 radical (unpaired) electrons. The van der Waals surface area contributed by atoms with Crippen molar-refractivity contribution in [2.75, 3.05) is 0 Å². The van der Waals surface area contributed by atoms with Gasteiger partial charge in [-0.05, 0) is 24.3 Å². The molecule has 1 aromatic heterocycles. The van der Waals surface area contributed by atoms with Crippen molar-refractivity contribution in [2.24, 2.45) is 0 Å². The Morgan fingerprint density at radius 3 is 2.79 bits per heavy atom. The molecule has 0 aliphatic carbocycles. The fourth-order valence-electron chi connectivity index (χ4n) is 1.26. The molecule has 0 amide bonds. The summed E-state index contributed by atoms with van der Waals surface area (Å²) in [5, 5.41) is 1.52. The van der Waals surface area contributed by atoms with Gasteiger partial charge in [-0.2, -0.15) is 0 Å². The Balaban J connectivity index is 2.73. The van der Waals surface area contributed by atoms with Gasteiger partial charge in [0, 0.05) is 15.4 Å². The standard InChI is InChI=1S/C10H6BrCl2N/c11-8-1-2-9-6(4-8)3-7(5-12)10(13)14-9/h1-4H,5H2. The number of hydrogen-bond acceptors (Lipinski definition) is 1. The molecule has 2 rings (SSSR count). The van der Waals surface area contributed by atoms with E-state index in [1.807, 2.05) is 24.3 Å². The van der Waals surface area contributed by atoms with Crippen LogP contribution in [0.15, 0.2) is 28.7 Å². The molecular formula is C10H6BrCl2N. The molecule has 0 spiro atoms. The Kier molecular flexibility index (Phi) is 2.96. The Hall–Kier alpha value is -0.310. The highest BCUT2D eigenvalue weighted by Crippen LogP contribution is 2.24. The number of fused-ring (bicyclic) bond motifs is 1. The molecule has 72 valence electrons. The molecule has 0 atom stereocenters. The van der Waals surface area contributed by atoms with Gasteiger partial charge in [0.2, 0.25) is 0 Å². The largest absolute Gasteiger partial charge is 0.236 e. The molecule has 14 heavy (non-hydrogen) atoms. The lowest BCUT2D eigenvalue weighted by atomic mass is 10.2. The van der Waals surface area contributed by atoms with Gasteiger partial charge >= 0.3 is 0 Å². The molecule has 1 aromatic carbocycles. The first-order chi connectivity index (χ1) is 6.70. The highest BCUT2D eigenvalue weighted by molar-refractivity contribution is 9.10. The van der Waals surface area contributed by atoms with Gasteiger partial charge in [0.15, 0.2) is 0 Å². The average Bonchev–Trinajstić information content (AvgIpc) is 2.17. The molecule has 0 N–H and O–H groups in total. The van der Waals surface area contributed by atoms with Gasteiger partial charge in [-0.15, -0.1) is 11.6 Å². The van der Waals surface area contributed by atoms with Crippen molar-refractivity contribution in [3.05, 3.63) is 39.5 Å². The van der Waals surface area contributed by atoms with Crippen LogP contribution in [0.1, 0.15) is 5.56 Å². The summed E-state index contributed by atoms with van der Waals surface area (Å²) in [6, 6.07) is 7.81. The van der Waals surface area contributed by atoms with Crippen molar-refractivity contribution in [2.45, 2.75) is 5.88 Å². The molecule has 1 heterocycles. The minimum atomic E-state index is 0.383. The van der Waals surface area contributed by atoms with Crippen LogP contribution in [0.25, 0.3) is 10.9 Å². The number of halogens is 3. The van der Waals surface area contributed by atoms with Gasteiger partial charge in [-0.25, -0.2) is 4.98 Å². The van der Waals surface area contributed by atoms with Crippen LogP contribution >= 0.6 is 39.1 Å². The summed E-state index contributed by atoms with van der Waals surface area (Å²) < 4.78 is 1.02. The number of nitrogens with zero attached hydrogens (tertiary/aromatic N) is 1. The van der Waals surface area contributed by atoms with Crippen LogP contribution in [0.4, 0.5) is 0 Å². The van der Waals surface area contributed by atoms with E-state index < -0.39 is 0 Å². The molecule has 0 aliphatic heterocycles. The van der Waals surface area contributed by atoms with Crippen molar-refractivity contribution < 1.29 is 0 Å². The summed E-state index contributed by atoms with van der Waals surface area (Å²) in [7, 11) is 0. The van der Waals surface area contributed by atoms with Crippen molar-refractivity contribution in [3.8, 4) is 0 Å². The van der Waals surface area contributed by atoms with E-state index in [9.17, 15) is 0 Å². The predicted octanol–water partition coefficient (Wildman–Crippen LogP) is 4.39. The lowest BCUT2D eigenvalue weighted by molar-refractivity contribution is 1.30. The van der Waals surface area contributed by atoms with E-state index in [2.05, 4.69) is 20.9 Å². The second-order valence-electron chi connectivity index (χ2n) is 2.91. The predicted molar refractivity (Wildman–Crippen MR) is 64.0 cm³/mol. The van der Waals surface area contributed by atoms with E-state index in [4.69, 9.17) is 23.2 Å². The van der Waals surface area contributed by atoms with Crippen LogP contribution in [0.5, 0.6) is 0 Å². The van der Waals surface area contributed by atoms with Crippen molar-refractivity contribution in [1.82, 2.24) is 4.98 Å². The maximum atomic E-state index is 5.94. The minimum absolute atomic E-state index is 0.383. The summed E-state index contributed by atoms with van der Waals surface area (Å²) in [5.74, 6) is 0.383. The first kappa shape index (κ1) is 10.2. The zero-order chi connectivity index (χ0) is 10.1. The fraction of sp³-hybridized carbons (Fsp3) is 0.100. The Morgan fingerprint density at radius 1 is 1.29 bits per heavy atom. The maximum absolute atomic E-state index is 5.94. The van der Waals surface area contributed by atoms with E-state index in [1.54, 1.807) is 0 Å². The first-order valence-corrected chi connectivity index (χ1v) is 5.72. The van der Waals surface area contributed by atoms with E-state index in [1.165, 1.54) is 0 Å². The zero-order valence-corrected chi connectivity index (χ0v) is 10.2. The number of rotatable bonds is 1. The number of hydrogen-bond donors (Lipinski definition) is 0. The van der Waals surface area contributed by atoms with Crippen LogP contribution in [0, 0.1) is 0 Å². The van der Waals surface area contributed by atoms with Crippen molar-refractivity contribution >= 4 is 50.0 Å². The topological polar surface area (TPSA) is 12.9 Å². The van der Waals surface area contributed by atoms with E-state index in [0.29, 0.717) is 11.0 Å². The highest BCUT2D eigenvalue weighted by atomic mass is 79.9. The number of aromatic nitrogens is 1. The molecule has 0 bridgehead atoms. The number of alkyl halides is 1. The van der Waals surface area contributed by atoms with Crippen molar-refractivity contribution in [1.29, 1.82) is 0 Å². The molecule has 0 aliphatic rings. The van der Waals surface area contributed by atoms with Gasteiger partial charge in [0.1, 0.15) is 5.15 Å². The van der Waals surface area contributed by atoms with Crippen LogP contribution < -0.4 is 0 Å². The second-order valence-corrected chi connectivity index (χ2v) is 4.45. The normalized spacial score (nSPS) is 10.8. The summed E-state index contributed by atoms with van der Waals surface area (Å²) in [5.41, 5.74) is 1.74. The molecule has 4 heteroatoms. The SMILES string of the molecule is ClCc1cc2cc(Br)ccc2nc1Cl. The molecule has 0 fully saturated rings. The first-order valence-electron chi connectivity index (χ1n) is 4.01. The summed E-state index contributed by atoms with van der Waals surface area (Å²) >= 11 is 15.1. The Bertz CT molecular complexity index is 485. The summed E-state index contributed by atoms with van der Waals surface area (Å²) in [6.07, 6.45) is 0. The van der Waals surface area contributed by atoms with Gasteiger partial charge in [-0.1, -0.05) is 27.5 Å². The lowest BCUT2D eigenvalue weighted by Gasteiger charge is -2.03. The maximum Gasteiger partial charge on any atom is 0.134 e. The van der Waals surface area contributed by atoms with Gasteiger partial charge in [0.25, 0.3) is 0 Å². The molecule has 0 unspecified atom stereocenters. The van der Waals surface area contributed by atoms with Crippen LogP contribution in [0.2, 0.25) is 5.15 Å². The monoisotopic (exact) mass is 289 g/mol. The quantitative estimate of drug-likeness (QED) is 0.561. The highest BCUT2D eigenvalue weighted by Gasteiger charge is 2.03. The lowest BCUT2D eigenvalue weighted by Crippen LogP contribution is -1.86. The average molecular weight is 291 g/mol. The van der Waals surface area contributed by atoms with Crippen LogP contribution in [0.3, 0.4) is 0 Å². The van der Waals surface area contributed by atoms with Gasteiger partial charge in [-0.3, -0.25) is 0 Å². The van der Waals surface area contributed by atoms with Crippen LogP contribution in [-0.2, 0) is 5.88 Å². The van der Waals surface area contributed by atoms with Gasteiger partial charge in [0.05, 0.1) is 11.4 Å². The van der Waals surface area contributed by atoms with E-state index in [-0.39, 0.29) is 0 Å². The Morgan fingerprint density at radius 2 is 2.07 bits per heavy atom. The number of pyridine rings is 1. The molecule has 0 saturated heterocycles. The van der Waals surface area contributed by atoms with Crippen LogP contribution in [-0.4, -0.2) is 4.98 Å². The second kappa shape index (κ2) is 4.05.